The van der Waals surface area contributed by atoms with E-state index in [-0.39, 0.29) is 0 Å². The van der Waals surface area contributed by atoms with E-state index in [9.17, 15) is 18.3 Å². The third kappa shape index (κ3) is 8.61. The summed E-state index contributed by atoms with van der Waals surface area (Å²) < 4.78 is 37.8. The summed E-state index contributed by atoms with van der Waals surface area (Å²) in [6, 6.07) is 15.9. The van der Waals surface area contributed by atoms with Gasteiger partial charge >= 0.3 is 12.1 Å². The SMILES string of the molecule is O=C(O)C(F)(F)F.Oc1ccc2c(c1)CCN(C1CCCCC1)C2Cc1ccc(OCCN2CCCCC2)cc1. The van der Waals surface area contributed by atoms with Crippen molar-refractivity contribution >= 4 is 5.97 Å². The minimum Gasteiger partial charge on any atom is -0.508 e. The highest BCUT2D eigenvalue weighted by Gasteiger charge is 2.38. The van der Waals surface area contributed by atoms with Crippen LogP contribution in [-0.4, -0.2) is 71.0 Å². The number of piperidine rings is 1. The number of hydrogen-bond acceptors (Lipinski definition) is 5. The molecule has 1 saturated heterocycles. The first kappa shape index (κ1) is 30.2. The van der Waals surface area contributed by atoms with Gasteiger partial charge < -0.3 is 14.9 Å². The monoisotopic (exact) mass is 562 g/mol. The number of alkyl halides is 3. The standard InChI is InChI=1S/C29H40N2O2.C2HF3O2/c32-26-11-14-28-24(22-26)15-18-31(25-7-3-1-4-8-25)29(28)21-23-9-12-27(13-10-23)33-20-19-30-16-5-2-6-17-30;3-2(4,5)1(6)7/h9-14,22,25,29,32H,1-8,15-21H2;(H,6,7). The van der Waals surface area contributed by atoms with E-state index in [1.54, 1.807) is 0 Å². The van der Waals surface area contributed by atoms with E-state index in [4.69, 9.17) is 14.6 Å². The molecule has 1 saturated carbocycles. The molecule has 2 aromatic rings. The molecule has 2 heterocycles. The third-order valence-corrected chi connectivity index (χ3v) is 8.29. The molecule has 1 aliphatic carbocycles. The van der Waals surface area contributed by atoms with E-state index in [1.807, 2.05) is 12.1 Å². The van der Waals surface area contributed by atoms with Gasteiger partial charge in [-0.15, -0.1) is 0 Å². The van der Waals surface area contributed by atoms with E-state index < -0.39 is 12.1 Å². The fourth-order valence-electron chi connectivity index (χ4n) is 6.22. The molecular weight excluding hydrogens is 521 g/mol. The summed E-state index contributed by atoms with van der Waals surface area (Å²) in [5, 5.41) is 17.2. The van der Waals surface area contributed by atoms with Gasteiger partial charge in [-0.3, -0.25) is 9.80 Å². The van der Waals surface area contributed by atoms with Crippen LogP contribution in [0.15, 0.2) is 42.5 Å². The zero-order valence-corrected chi connectivity index (χ0v) is 23.0. The molecule has 0 bridgehead atoms. The molecule has 6 nitrogen and oxygen atoms in total. The summed E-state index contributed by atoms with van der Waals surface area (Å²) >= 11 is 0. The molecule has 0 spiro atoms. The number of carbonyl (C=O) groups is 1. The number of carboxylic acid groups (broad SMARTS) is 1. The minimum atomic E-state index is -5.08. The van der Waals surface area contributed by atoms with Crippen LogP contribution in [0.5, 0.6) is 11.5 Å². The lowest BCUT2D eigenvalue weighted by molar-refractivity contribution is -0.192. The molecule has 40 heavy (non-hydrogen) atoms. The molecular formula is C31H41F3N2O4. The lowest BCUT2D eigenvalue weighted by atomic mass is 9.84. The number of nitrogens with zero attached hydrogens (tertiary/aromatic N) is 2. The Labute approximate surface area is 234 Å². The first-order valence-electron chi connectivity index (χ1n) is 14.5. The average molecular weight is 563 g/mol. The summed E-state index contributed by atoms with van der Waals surface area (Å²) in [7, 11) is 0. The van der Waals surface area contributed by atoms with Crippen molar-refractivity contribution in [2.75, 3.05) is 32.8 Å². The Kier molecular flexibility index (Phi) is 10.7. The number of phenols is 1. The van der Waals surface area contributed by atoms with Crippen LogP contribution in [0.1, 0.15) is 74.1 Å². The van der Waals surface area contributed by atoms with Crippen molar-refractivity contribution in [3.63, 3.8) is 0 Å². The van der Waals surface area contributed by atoms with Gasteiger partial charge in [0.15, 0.2) is 0 Å². The molecule has 3 aliphatic rings. The Balaban J connectivity index is 0.000000470. The summed E-state index contributed by atoms with van der Waals surface area (Å²) in [6.07, 6.45) is 7.78. The summed E-state index contributed by atoms with van der Waals surface area (Å²) in [6.45, 7) is 5.35. The Bertz CT molecular complexity index is 1080. The predicted octanol–water partition coefficient (Wildman–Crippen LogP) is 6.36. The summed E-state index contributed by atoms with van der Waals surface area (Å²) in [5.74, 6) is -1.38. The second kappa shape index (κ2) is 14.2. The van der Waals surface area contributed by atoms with Crippen molar-refractivity contribution in [2.45, 2.75) is 82.5 Å². The fraction of sp³-hybridized carbons (Fsp3) is 0.581. The van der Waals surface area contributed by atoms with Crippen molar-refractivity contribution in [3.05, 3.63) is 59.2 Å². The minimum absolute atomic E-state index is 0.392. The molecule has 0 radical (unpaired) electrons. The Morgan fingerprint density at radius 2 is 1.57 bits per heavy atom. The Morgan fingerprint density at radius 3 is 2.23 bits per heavy atom. The zero-order valence-electron chi connectivity index (χ0n) is 23.0. The zero-order chi connectivity index (χ0) is 28.5. The molecule has 1 atom stereocenters. The van der Waals surface area contributed by atoms with E-state index in [0.717, 1.165) is 38.3 Å². The van der Waals surface area contributed by atoms with Crippen LogP contribution in [0.4, 0.5) is 13.2 Å². The second-order valence-corrected chi connectivity index (χ2v) is 11.1. The van der Waals surface area contributed by atoms with E-state index >= 15 is 0 Å². The van der Waals surface area contributed by atoms with Crippen molar-refractivity contribution in [2.24, 2.45) is 0 Å². The highest BCUT2D eigenvalue weighted by molar-refractivity contribution is 5.73. The molecule has 2 fully saturated rings. The first-order chi connectivity index (χ1) is 19.2. The van der Waals surface area contributed by atoms with Gasteiger partial charge in [-0.25, -0.2) is 4.79 Å². The molecule has 2 N–H and O–H groups in total. The van der Waals surface area contributed by atoms with Crippen LogP contribution >= 0.6 is 0 Å². The molecule has 9 heteroatoms. The number of halogens is 3. The molecule has 220 valence electrons. The largest absolute Gasteiger partial charge is 0.508 e. The van der Waals surface area contributed by atoms with E-state index in [1.165, 1.54) is 81.1 Å². The van der Waals surface area contributed by atoms with E-state index in [0.29, 0.717) is 17.8 Å². The van der Waals surface area contributed by atoms with Crippen molar-refractivity contribution < 1.29 is 32.9 Å². The number of aliphatic carboxylic acids is 1. The molecule has 5 rings (SSSR count). The van der Waals surface area contributed by atoms with Crippen molar-refractivity contribution in [1.29, 1.82) is 0 Å². The quantitative estimate of drug-likeness (QED) is 0.409. The lowest BCUT2D eigenvalue weighted by Crippen LogP contribution is -2.44. The number of ether oxygens (including phenoxy) is 1. The van der Waals surface area contributed by atoms with Crippen LogP contribution in [-0.2, 0) is 17.6 Å². The molecule has 1 unspecified atom stereocenters. The van der Waals surface area contributed by atoms with Gasteiger partial charge in [-0.2, -0.15) is 13.2 Å². The number of phenolic OH excluding ortho intramolecular Hbond substituents is 1. The Hall–Kier alpha value is -2.78. The van der Waals surface area contributed by atoms with Crippen LogP contribution in [0, 0.1) is 0 Å². The predicted molar refractivity (Wildman–Crippen MR) is 148 cm³/mol. The maximum Gasteiger partial charge on any atom is 0.490 e. The number of benzene rings is 2. The van der Waals surface area contributed by atoms with Gasteiger partial charge in [-0.05, 0) is 92.6 Å². The first-order valence-corrected chi connectivity index (χ1v) is 14.5. The van der Waals surface area contributed by atoms with Gasteiger partial charge in [0, 0.05) is 25.2 Å². The summed E-state index contributed by atoms with van der Waals surface area (Å²) in [4.78, 5) is 14.2. The van der Waals surface area contributed by atoms with Crippen LogP contribution < -0.4 is 4.74 Å². The van der Waals surface area contributed by atoms with Gasteiger partial charge in [0.1, 0.15) is 18.1 Å². The number of aromatic hydroxyl groups is 1. The molecule has 0 aromatic heterocycles. The number of rotatable bonds is 7. The molecule has 2 aliphatic heterocycles. The van der Waals surface area contributed by atoms with Gasteiger partial charge in [0.2, 0.25) is 0 Å². The maximum absolute atomic E-state index is 10.6. The number of fused-ring (bicyclic) bond motifs is 1. The van der Waals surface area contributed by atoms with E-state index in [2.05, 4.69) is 40.1 Å². The topological polar surface area (TPSA) is 73.2 Å². The fourth-order valence-corrected chi connectivity index (χ4v) is 6.22. The normalized spacial score (nSPS) is 20.7. The van der Waals surface area contributed by atoms with Crippen LogP contribution in [0.2, 0.25) is 0 Å². The van der Waals surface area contributed by atoms with Gasteiger partial charge in [0.05, 0.1) is 0 Å². The summed E-state index contributed by atoms with van der Waals surface area (Å²) in [5.41, 5.74) is 4.10. The van der Waals surface area contributed by atoms with Gasteiger partial charge in [-0.1, -0.05) is 43.9 Å². The third-order valence-electron chi connectivity index (χ3n) is 8.29. The van der Waals surface area contributed by atoms with Crippen LogP contribution in [0.3, 0.4) is 0 Å². The van der Waals surface area contributed by atoms with Crippen molar-refractivity contribution in [1.82, 2.24) is 9.80 Å². The van der Waals surface area contributed by atoms with Crippen LogP contribution in [0.25, 0.3) is 0 Å². The number of carboxylic acids is 1. The number of likely N-dealkylation sites (tertiary alicyclic amines) is 1. The molecule has 2 aromatic carbocycles. The smallest absolute Gasteiger partial charge is 0.490 e. The number of hydrogen-bond donors (Lipinski definition) is 2. The lowest BCUT2D eigenvalue weighted by Gasteiger charge is -2.44. The molecule has 0 amide bonds. The second-order valence-electron chi connectivity index (χ2n) is 11.1. The maximum atomic E-state index is 10.6. The average Bonchev–Trinajstić information content (AvgIpc) is 2.95. The van der Waals surface area contributed by atoms with Gasteiger partial charge in [0.25, 0.3) is 0 Å². The van der Waals surface area contributed by atoms with Crippen molar-refractivity contribution in [3.8, 4) is 11.5 Å². The Morgan fingerprint density at radius 1 is 0.925 bits per heavy atom. The highest BCUT2D eigenvalue weighted by Crippen LogP contribution is 2.38. The highest BCUT2D eigenvalue weighted by atomic mass is 19.4.